The molecule has 0 saturated carbocycles. The van der Waals surface area contributed by atoms with E-state index in [1.165, 1.54) is 5.82 Å². The molecule has 0 aliphatic rings. The second-order valence-electron chi connectivity index (χ2n) is 2.75. The summed E-state index contributed by atoms with van der Waals surface area (Å²) in [6.45, 7) is 4.26. The zero-order chi connectivity index (χ0) is 11.1. The second kappa shape index (κ2) is 5.91. The SMILES string of the molecule is CCOP(=O)(/C=C\c1ccoc1)OCC. The van der Waals surface area contributed by atoms with Crippen LogP contribution < -0.4 is 0 Å². The minimum Gasteiger partial charge on any atom is -0.472 e. The summed E-state index contributed by atoms with van der Waals surface area (Å²) in [5, 5.41) is 0. The summed E-state index contributed by atoms with van der Waals surface area (Å²) in [6.07, 6.45) is 4.76. The molecule has 4 nitrogen and oxygen atoms in total. The van der Waals surface area contributed by atoms with E-state index in [2.05, 4.69) is 0 Å². The van der Waals surface area contributed by atoms with Crippen LogP contribution in [0.5, 0.6) is 0 Å². The number of hydrogen-bond donors (Lipinski definition) is 0. The van der Waals surface area contributed by atoms with Gasteiger partial charge in [-0.15, -0.1) is 0 Å². The highest BCUT2D eigenvalue weighted by molar-refractivity contribution is 7.57. The lowest BCUT2D eigenvalue weighted by Gasteiger charge is -2.12. The van der Waals surface area contributed by atoms with Crippen LogP contribution in [0, 0.1) is 0 Å². The molecule has 84 valence electrons. The Morgan fingerprint density at radius 3 is 2.53 bits per heavy atom. The van der Waals surface area contributed by atoms with Gasteiger partial charge in [0.2, 0.25) is 0 Å². The summed E-state index contributed by atoms with van der Waals surface area (Å²) in [6, 6.07) is 1.76. The van der Waals surface area contributed by atoms with Gasteiger partial charge in [-0.05, 0) is 26.0 Å². The summed E-state index contributed by atoms with van der Waals surface area (Å²) in [5.74, 6) is 1.45. The minimum atomic E-state index is -3.08. The Kier molecular flexibility index (Phi) is 4.82. The van der Waals surface area contributed by atoms with Gasteiger partial charge in [0.25, 0.3) is 0 Å². The molecule has 0 unspecified atom stereocenters. The average molecular weight is 230 g/mol. The van der Waals surface area contributed by atoms with Crippen LogP contribution in [0.2, 0.25) is 0 Å². The van der Waals surface area contributed by atoms with Gasteiger partial charge in [0, 0.05) is 11.4 Å². The van der Waals surface area contributed by atoms with E-state index in [1.807, 2.05) is 0 Å². The van der Waals surface area contributed by atoms with Crippen molar-refractivity contribution in [2.24, 2.45) is 0 Å². The first-order valence-electron chi connectivity index (χ1n) is 4.80. The fourth-order valence-electron chi connectivity index (χ4n) is 1.03. The van der Waals surface area contributed by atoms with Crippen molar-refractivity contribution < 1.29 is 18.0 Å². The average Bonchev–Trinajstić information content (AvgIpc) is 2.68. The molecule has 5 heteroatoms. The molecule has 1 aromatic rings. The lowest BCUT2D eigenvalue weighted by molar-refractivity contribution is 0.229. The monoisotopic (exact) mass is 230 g/mol. The normalized spacial score (nSPS) is 12.4. The molecule has 15 heavy (non-hydrogen) atoms. The van der Waals surface area contributed by atoms with Crippen molar-refractivity contribution >= 4 is 13.7 Å². The Hall–Kier alpha value is -0.830. The Labute approximate surface area is 89.4 Å². The van der Waals surface area contributed by atoms with E-state index in [-0.39, 0.29) is 0 Å². The Morgan fingerprint density at radius 2 is 2.07 bits per heavy atom. The first-order valence-corrected chi connectivity index (χ1v) is 6.41. The van der Waals surface area contributed by atoms with E-state index in [0.717, 1.165) is 5.56 Å². The van der Waals surface area contributed by atoms with E-state index in [4.69, 9.17) is 13.5 Å². The van der Waals surface area contributed by atoms with Gasteiger partial charge in [-0.25, -0.2) is 0 Å². The van der Waals surface area contributed by atoms with Gasteiger partial charge in [-0.3, -0.25) is 4.57 Å². The highest BCUT2D eigenvalue weighted by Crippen LogP contribution is 2.49. The summed E-state index contributed by atoms with van der Waals surface area (Å²) in [4.78, 5) is 0. The molecule has 0 bridgehead atoms. The zero-order valence-electron chi connectivity index (χ0n) is 8.88. The van der Waals surface area contributed by atoms with E-state index < -0.39 is 7.60 Å². The number of furan rings is 1. The van der Waals surface area contributed by atoms with E-state index in [0.29, 0.717) is 13.2 Å². The van der Waals surface area contributed by atoms with Crippen molar-refractivity contribution in [1.29, 1.82) is 0 Å². The highest BCUT2D eigenvalue weighted by atomic mass is 31.2. The van der Waals surface area contributed by atoms with Gasteiger partial charge in [0.05, 0.1) is 25.7 Å². The van der Waals surface area contributed by atoms with Crippen LogP contribution in [0.25, 0.3) is 6.08 Å². The van der Waals surface area contributed by atoms with Crippen molar-refractivity contribution in [2.75, 3.05) is 13.2 Å². The van der Waals surface area contributed by atoms with Crippen molar-refractivity contribution in [3.8, 4) is 0 Å². The Balaban J connectivity index is 2.70. The lowest BCUT2D eigenvalue weighted by atomic mass is 10.3. The summed E-state index contributed by atoms with van der Waals surface area (Å²) in [7, 11) is -3.08. The second-order valence-corrected chi connectivity index (χ2v) is 4.64. The van der Waals surface area contributed by atoms with Crippen LogP contribution in [0.1, 0.15) is 19.4 Å². The molecular weight excluding hydrogens is 215 g/mol. The van der Waals surface area contributed by atoms with Crippen LogP contribution in [-0.2, 0) is 13.6 Å². The van der Waals surface area contributed by atoms with Crippen molar-refractivity contribution in [3.63, 3.8) is 0 Å². The fraction of sp³-hybridized carbons (Fsp3) is 0.400. The third-order valence-corrected chi connectivity index (χ3v) is 3.36. The summed E-state index contributed by atoms with van der Waals surface area (Å²) < 4.78 is 27.0. The maximum Gasteiger partial charge on any atom is 0.354 e. The predicted molar refractivity (Wildman–Crippen MR) is 58.6 cm³/mol. The molecule has 0 saturated heterocycles. The molecular formula is C10H15O4P. The Morgan fingerprint density at radius 1 is 1.40 bits per heavy atom. The van der Waals surface area contributed by atoms with Crippen LogP contribution in [0.15, 0.2) is 28.8 Å². The maximum atomic E-state index is 11.9. The first kappa shape index (κ1) is 12.2. The van der Waals surface area contributed by atoms with E-state index >= 15 is 0 Å². The molecule has 0 radical (unpaired) electrons. The van der Waals surface area contributed by atoms with E-state index in [9.17, 15) is 4.57 Å². The summed E-state index contributed by atoms with van der Waals surface area (Å²) in [5.41, 5.74) is 0.828. The third kappa shape index (κ3) is 4.04. The molecule has 1 heterocycles. The van der Waals surface area contributed by atoms with Crippen LogP contribution >= 0.6 is 7.60 Å². The van der Waals surface area contributed by atoms with Gasteiger partial charge in [0.15, 0.2) is 0 Å². The van der Waals surface area contributed by atoms with Gasteiger partial charge in [-0.2, -0.15) is 0 Å². The molecule has 1 aromatic heterocycles. The Bertz CT molecular complexity index is 332. The number of rotatable bonds is 6. The lowest BCUT2D eigenvalue weighted by Crippen LogP contribution is -1.92. The molecule has 0 aliphatic heterocycles. The predicted octanol–water partition coefficient (Wildman–Crippen LogP) is 3.52. The maximum absolute atomic E-state index is 11.9. The molecule has 0 aromatic carbocycles. The molecule has 0 fully saturated rings. The largest absolute Gasteiger partial charge is 0.472 e. The van der Waals surface area contributed by atoms with Crippen molar-refractivity contribution in [1.82, 2.24) is 0 Å². The van der Waals surface area contributed by atoms with Crippen molar-refractivity contribution in [3.05, 3.63) is 30.0 Å². The van der Waals surface area contributed by atoms with Gasteiger partial charge in [-0.1, -0.05) is 0 Å². The zero-order valence-corrected chi connectivity index (χ0v) is 9.78. The minimum absolute atomic E-state index is 0.354. The van der Waals surface area contributed by atoms with Crippen LogP contribution in [0.4, 0.5) is 0 Å². The number of hydrogen-bond acceptors (Lipinski definition) is 4. The van der Waals surface area contributed by atoms with Crippen molar-refractivity contribution in [2.45, 2.75) is 13.8 Å². The van der Waals surface area contributed by atoms with Gasteiger partial charge < -0.3 is 13.5 Å². The highest BCUT2D eigenvalue weighted by Gasteiger charge is 2.18. The fourth-order valence-corrected chi connectivity index (χ4v) is 2.35. The molecule has 0 amide bonds. The molecule has 0 aliphatic carbocycles. The van der Waals surface area contributed by atoms with Crippen LogP contribution in [0.3, 0.4) is 0 Å². The smallest absolute Gasteiger partial charge is 0.354 e. The molecule has 0 atom stereocenters. The molecule has 0 N–H and O–H groups in total. The molecule has 0 spiro atoms. The van der Waals surface area contributed by atoms with Gasteiger partial charge in [0.1, 0.15) is 0 Å². The quantitative estimate of drug-likeness (QED) is 0.701. The third-order valence-electron chi connectivity index (χ3n) is 1.61. The standard InChI is InChI=1S/C10H15O4P/c1-3-13-15(11,14-4-2)8-6-10-5-7-12-9-10/h5-9H,3-4H2,1-2H3/b8-6-. The van der Waals surface area contributed by atoms with Crippen LogP contribution in [-0.4, -0.2) is 13.2 Å². The topological polar surface area (TPSA) is 48.7 Å². The van der Waals surface area contributed by atoms with E-state index in [1.54, 1.807) is 38.5 Å². The van der Waals surface area contributed by atoms with Gasteiger partial charge >= 0.3 is 7.60 Å². The first-order chi connectivity index (χ1) is 7.20. The molecule has 1 rings (SSSR count). The summed E-state index contributed by atoms with van der Waals surface area (Å²) >= 11 is 0.